The van der Waals surface area contributed by atoms with Gasteiger partial charge >= 0.3 is 0 Å². The predicted molar refractivity (Wildman–Crippen MR) is 111 cm³/mol. The molecule has 0 spiro atoms. The molecule has 2 heteroatoms. The highest BCUT2D eigenvalue weighted by Gasteiger charge is 2.58. The van der Waals surface area contributed by atoms with Gasteiger partial charge in [-0.15, -0.1) is 0 Å². The van der Waals surface area contributed by atoms with Crippen LogP contribution in [0.5, 0.6) is 0 Å². The van der Waals surface area contributed by atoms with Gasteiger partial charge in [0.15, 0.2) is 11.2 Å². The van der Waals surface area contributed by atoms with Gasteiger partial charge < -0.3 is 10.2 Å². The molecule has 0 fully saturated rings. The Balaban J connectivity index is 1.96. The summed E-state index contributed by atoms with van der Waals surface area (Å²) < 4.78 is 0. The minimum atomic E-state index is -1.64. The molecule has 2 nitrogen and oxygen atoms in total. The zero-order valence-electron chi connectivity index (χ0n) is 15.3. The molecule has 0 unspecified atom stereocenters. The van der Waals surface area contributed by atoms with Crippen LogP contribution in [-0.2, 0) is 11.2 Å². The van der Waals surface area contributed by atoms with E-state index in [-0.39, 0.29) is 0 Å². The third-order valence-corrected chi connectivity index (χ3v) is 5.83. The Bertz CT molecular complexity index is 1040. The largest absolute Gasteiger partial charge is 0.377 e. The molecule has 4 aromatic rings. The maximum Gasteiger partial charge on any atom is 0.152 e. The summed E-state index contributed by atoms with van der Waals surface area (Å²) in [5, 5.41) is 24.7. The van der Waals surface area contributed by atoms with Gasteiger partial charge in [-0.25, -0.2) is 0 Å². The van der Waals surface area contributed by atoms with Crippen LogP contribution in [-0.4, -0.2) is 10.2 Å². The Hall–Kier alpha value is -3.20. The Kier molecular flexibility index (Phi) is 3.73. The van der Waals surface area contributed by atoms with Crippen LogP contribution in [0.25, 0.3) is 11.1 Å². The highest BCUT2D eigenvalue weighted by Crippen LogP contribution is 2.57. The minimum absolute atomic E-state index is 0.656. The number of hydrogen-bond acceptors (Lipinski definition) is 2. The first-order chi connectivity index (χ1) is 13.7. The van der Waals surface area contributed by atoms with Gasteiger partial charge in [-0.3, -0.25) is 0 Å². The summed E-state index contributed by atoms with van der Waals surface area (Å²) in [6, 6.07) is 34.5. The van der Waals surface area contributed by atoms with Gasteiger partial charge in [0.25, 0.3) is 0 Å². The maximum atomic E-state index is 12.4. The molecule has 0 bridgehead atoms. The number of aliphatic hydroxyl groups is 2. The Labute approximate surface area is 164 Å². The standard InChI is InChI=1S/C26H20O2/c27-25(19-11-3-1-4-12-19)23-17-9-7-15-21(23)22-16-8-10-18-24(22)26(25,28)20-13-5-2-6-14-20/h1-18,27-28H/t25-,26-/m1/s1. The fraction of sp³-hybridized carbons (Fsp3) is 0.0769. The van der Waals surface area contributed by atoms with Crippen LogP contribution < -0.4 is 0 Å². The molecule has 0 heterocycles. The van der Waals surface area contributed by atoms with Crippen molar-refractivity contribution in [2.75, 3.05) is 0 Å². The summed E-state index contributed by atoms with van der Waals surface area (Å²) in [6.07, 6.45) is 0. The summed E-state index contributed by atoms with van der Waals surface area (Å²) in [6.45, 7) is 0. The van der Waals surface area contributed by atoms with Crippen molar-refractivity contribution in [1.82, 2.24) is 0 Å². The molecule has 0 saturated carbocycles. The lowest BCUT2D eigenvalue weighted by atomic mass is 9.60. The average Bonchev–Trinajstić information content (AvgIpc) is 2.78. The van der Waals surface area contributed by atoms with Crippen LogP contribution in [0.3, 0.4) is 0 Å². The van der Waals surface area contributed by atoms with Crippen molar-refractivity contribution in [2.24, 2.45) is 0 Å². The average molecular weight is 364 g/mol. The maximum absolute atomic E-state index is 12.4. The second-order valence-electron chi connectivity index (χ2n) is 7.24. The van der Waals surface area contributed by atoms with Gasteiger partial charge in [0, 0.05) is 0 Å². The molecule has 0 saturated heterocycles. The lowest BCUT2D eigenvalue weighted by Gasteiger charge is -2.49. The first-order valence-electron chi connectivity index (χ1n) is 9.42. The zero-order valence-corrected chi connectivity index (χ0v) is 15.3. The molecule has 2 atom stereocenters. The number of rotatable bonds is 2. The van der Waals surface area contributed by atoms with Gasteiger partial charge in [0.05, 0.1) is 0 Å². The highest BCUT2D eigenvalue weighted by atomic mass is 16.4. The van der Waals surface area contributed by atoms with Crippen molar-refractivity contribution in [3.05, 3.63) is 131 Å². The van der Waals surface area contributed by atoms with Crippen molar-refractivity contribution >= 4 is 0 Å². The molecule has 5 rings (SSSR count). The van der Waals surface area contributed by atoms with Crippen LogP contribution in [0, 0.1) is 0 Å². The molecule has 0 amide bonds. The smallest absolute Gasteiger partial charge is 0.152 e. The first-order valence-corrected chi connectivity index (χ1v) is 9.42. The van der Waals surface area contributed by atoms with E-state index in [1.807, 2.05) is 109 Å². The minimum Gasteiger partial charge on any atom is -0.377 e. The van der Waals surface area contributed by atoms with E-state index in [2.05, 4.69) is 0 Å². The van der Waals surface area contributed by atoms with E-state index in [9.17, 15) is 10.2 Å². The van der Waals surface area contributed by atoms with Crippen LogP contribution in [0.15, 0.2) is 109 Å². The molecule has 1 aliphatic rings. The Morgan fingerprint density at radius 3 is 1.11 bits per heavy atom. The SMILES string of the molecule is O[C@]1(c2ccccc2)c2ccccc2-c2ccccc2[C@]1(O)c1ccccc1. The molecule has 136 valence electrons. The summed E-state index contributed by atoms with van der Waals surface area (Å²) in [4.78, 5) is 0. The van der Waals surface area contributed by atoms with Crippen molar-refractivity contribution in [3.63, 3.8) is 0 Å². The molecule has 0 aromatic heterocycles. The first kappa shape index (κ1) is 16.9. The second kappa shape index (κ2) is 6.16. The van der Waals surface area contributed by atoms with E-state index < -0.39 is 11.2 Å². The topological polar surface area (TPSA) is 40.5 Å². The molecule has 2 N–H and O–H groups in total. The number of fused-ring (bicyclic) bond motifs is 3. The Morgan fingerprint density at radius 1 is 0.393 bits per heavy atom. The Morgan fingerprint density at radius 2 is 0.714 bits per heavy atom. The van der Waals surface area contributed by atoms with Crippen LogP contribution in [0.1, 0.15) is 22.3 Å². The van der Waals surface area contributed by atoms with Crippen molar-refractivity contribution in [1.29, 1.82) is 0 Å². The molecule has 28 heavy (non-hydrogen) atoms. The number of benzene rings is 4. The molecule has 0 radical (unpaired) electrons. The van der Waals surface area contributed by atoms with Gasteiger partial charge in [0.2, 0.25) is 0 Å². The van der Waals surface area contributed by atoms with Gasteiger partial charge in [-0.2, -0.15) is 0 Å². The van der Waals surface area contributed by atoms with E-state index in [1.165, 1.54) is 0 Å². The zero-order chi connectivity index (χ0) is 19.2. The van der Waals surface area contributed by atoms with E-state index in [0.29, 0.717) is 22.3 Å². The second-order valence-corrected chi connectivity index (χ2v) is 7.24. The van der Waals surface area contributed by atoms with Crippen LogP contribution in [0.2, 0.25) is 0 Å². The van der Waals surface area contributed by atoms with Gasteiger partial charge in [-0.1, -0.05) is 109 Å². The fourth-order valence-corrected chi connectivity index (χ4v) is 4.54. The summed E-state index contributed by atoms with van der Waals surface area (Å²) in [5.41, 5.74) is 1.31. The van der Waals surface area contributed by atoms with Crippen molar-refractivity contribution < 1.29 is 10.2 Å². The molecule has 1 aliphatic carbocycles. The van der Waals surface area contributed by atoms with Crippen molar-refractivity contribution in [3.8, 4) is 11.1 Å². The molecule has 0 aliphatic heterocycles. The van der Waals surface area contributed by atoms with Crippen LogP contribution in [0.4, 0.5) is 0 Å². The van der Waals surface area contributed by atoms with Gasteiger partial charge in [0.1, 0.15) is 0 Å². The molecule has 4 aromatic carbocycles. The van der Waals surface area contributed by atoms with E-state index in [4.69, 9.17) is 0 Å². The predicted octanol–water partition coefficient (Wildman–Crippen LogP) is 4.84. The van der Waals surface area contributed by atoms with Crippen LogP contribution >= 0.6 is 0 Å². The quantitative estimate of drug-likeness (QED) is 0.534. The summed E-state index contributed by atoms with van der Waals surface area (Å²) in [7, 11) is 0. The van der Waals surface area contributed by atoms with Gasteiger partial charge in [-0.05, 0) is 33.4 Å². The summed E-state index contributed by atoms with van der Waals surface area (Å²) in [5.74, 6) is 0. The van der Waals surface area contributed by atoms with E-state index >= 15 is 0 Å². The highest BCUT2D eigenvalue weighted by molar-refractivity contribution is 5.79. The lowest BCUT2D eigenvalue weighted by molar-refractivity contribution is -0.114. The monoisotopic (exact) mass is 364 g/mol. The van der Waals surface area contributed by atoms with E-state index in [1.54, 1.807) is 0 Å². The molecular weight excluding hydrogens is 344 g/mol. The third kappa shape index (κ3) is 2.10. The number of hydrogen-bond donors (Lipinski definition) is 2. The fourth-order valence-electron chi connectivity index (χ4n) is 4.54. The van der Waals surface area contributed by atoms with Crippen molar-refractivity contribution in [2.45, 2.75) is 11.2 Å². The normalized spacial score (nSPS) is 22.9. The van der Waals surface area contributed by atoms with E-state index in [0.717, 1.165) is 11.1 Å². The lowest BCUT2D eigenvalue weighted by Crippen LogP contribution is -2.53. The third-order valence-electron chi connectivity index (χ3n) is 5.83. The molecular formula is C26H20O2. The summed E-state index contributed by atoms with van der Waals surface area (Å²) >= 11 is 0.